The van der Waals surface area contributed by atoms with Gasteiger partial charge in [-0.15, -0.1) is 0 Å². The highest BCUT2D eigenvalue weighted by atomic mass is 15.0. The standard InChI is InChI=1S/C58H53N/c1-40-21-20-24-42(35-40)44-32-34-54-50(37-44)49-36-43(41-22-12-8-13-23-41)31-33-53(49)59(54)55-51(57(4,5)46-27-16-10-17-28-46)38-48(56(2,3)45-25-14-9-15-26-45)39-52(55)58(6,7)47-29-18-11-19-30-47/h8-39H,1-7H3/i8D,12D,13D,20D,21D,22D,23D,24D,35D. The Morgan fingerprint density at radius 1 is 0.407 bits per heavy atom. The maximum atomic E-state index is 9.14. The third kappa shape index (κ3) is 6.69. The van der Waals surface area contributed by atoms with Crippen LogP contribution in [-0.4, -0.2) is 4.57 Å². The van der Waals surface area contributed by atoms with Crippen LogP contribution < -0.4 is 0 Å². The first-order chi connectivity index (χ1) is 32.2. The Balaban J connectivity index is 1.49. The SMILES string of the molecule is [2H]c1c([2H])c([2H])c(-c2ccc3c(c2)c2cc(-c4c([2H])c([2H])c([2H])c(C)c4[2H])ccc2n3-c2c(C(C)(C)c3ccccc3)cc(C(C)(C)c3ccccc3)cc2C(C)(C)c2ccccc2)c([2H])c1[2H]. The summed E-state index contributed by atoms with van der Waals surface area (Å²) >= 11 is 0. The number of rotatable bonds is 9. The molecule has 9 rings (SSSR count). The van der Waals surface area contributed by atoms with E-state index >= 15 is 0 Å². The Bertz CT molecular complexity index is 3210. The normalized spacial score (nSPS) is 14.5. The third-order valence-corrected chi connectivity index (χ3v) is 12.5. The van der Waals surface area contributed by atoms with Crippen LogP contribution in [-0.2, 0) is 16.2 Å². The van der Waals surface area contributed by atoms with Crippen molar-refractivity contribution in [3.05, 3.63) is 233 Å². The molecule has 290 valence electrons. The lowest BCUT2D eigenvalue weighted by atomic mass is 9.68. The lowest BCUT2D eigenvalue weighted by Gasteiger charge is -2.38. The van der Waals surface area contributed by atoms with Crippen LogP contribution >= 0.6 is 0 Å². The van der Waals surface area contributed by atoms with Gasteiger partial charge < -0.3 is 4.57 Å². The average molecular weight is 773 g/mol. The minimum absolute atomic E-state index is 0.00863. The van der Waals surface area contributed by atoms with Crippen molar-refractivity contribution in [1.29, 1.82) is 0 Å². The van der Waals surface area contributed by atoms with Gasteiger partial charge in [0.1, 0.15) is 0 Å². The van der Waals surface area contributed by atoms with Crippen LogP contribution in [0.3, 0.4) is 0 Å². The molecule has 0 atom stereocenters. The smallest absolute Gasteiger partial charge is 0.0632 e. The average Bonchev–Trinajstić information content (AvgIpc) is 3.67. The molecule has 0 aliphatic rings. The molecule has 1 heterocycles. The van der Waals surface area contributed by atoms with Crippen LogP contribution in [0, 0.1) is 6.92 Å². The zero-order valence-corrected chi connectivity index (χ0v) is 34.7. The van der Waals surface area contributed by atoms with Crippen molar-refractivity contribution >= 4 is 21.8 Å². The lowest BCUT2D eigenvalue weighted by molar-refractivity contribution is 0.591. The monoisotopic (exact) mass is 772 g/mol. The molecule has 0 aliphatic carbocycles. The number of hydrogen-bond donors (Lipinski definition) is 0. The van der Waals surface area contributed by atoms with Gasteiger partial charge in [0, 0.05) is 27.0 Å². The van der Waals surface area contributed by atoms with Crippen molar-refractivity contribution in [3.63, 3.8) is 0 Å². The predicted molar refractivity (Wildman–Crippen MR) is 252 cm³/mol. The number of benzene rings is 8. The highest BCUT2D eigenvalue weighted by molar-refractivity contribution is 6.12. The minimum Gasteiger partial charge on any atom is -0.309 e. The lowest BCUT2D eigenvalue weighted by Crippen LogP contribution is -2.30. The molecule has 1 aromatic heterocycles. The van der Waals surface area contributed by atoms with Crippen molar-refractivity contribution in [2.75, 3.05) is 0 Å². The molecular formula is C58H53N. The fourth-order valence-electron chi connectivity index (χ4n) is 8.78. The zero-order chi connectivity index (χ0) is 48.8. The van der Waals surface area contributed by atoms with Crippen LogP contribution in [0.5, 0.6) is 0 Å². The first-order valence-electron chi connectivity index (χ1n) is 24.8. The molecule has 59 heavy (non-hydrogen) atoms. The van der Waals surface area contributed by atoms with Crippen LogP contribution in [0.15, 0.2) is 194 Å². The maximum Gasteiger partial charge on any atom is 0.0632 e. The van der Waals surface area contributed by atoms with Gasteiger partial charge in [0.15, 0.2) is 0 Å². The van der Waals surface area contributed by atoms with Crippen molar-refractivity contribution in [2.45, 2.75) is 64.7 Å². The first kappa shape index (κ1) is 28.9. The second-order valence-electron chi connectivity index (χ2n) is 17.2. The first-order valence-corrected chi connectivity index (χ1v) is 20.3. The van der Waals surface area contributed by atoms with Crippen LogP contribution in [0.4, 0.5) is 0 Å². The van der Waals surface area contributed by atoms with E-state index in [1.54, 1.807) is 6.92 Å². The molecule has 8 aromatic carbocycles. The van der Waals surface area contributed by atoms with E-state index in [1.807, 2.05) is 54.6 Å². The number of nitrogens with zero attached hydrogens (tertiary/aromatic N) is 1. The maximum absolute atomic E-state index is 9.14. The molecule has 0 N–H and O–H groups in total. The summed E-state index contributed by atoms with van der Waals surface area (Å²) in [6, 6.07) is 45.4. The second-order valence-corrected chi connectivity index (χ2v) is 17.2. The summed E-state index contributed by atoms with van der Waals surface area (Å²) in [4.78, 5) is 0. The van der Waals surface area contributed by atoms with E-state index in [2.05, 4.69) is 131 Å². The minimum atomic E-state index is -0.586. The van der Waals surface area contributed by atoms with Crippen LogP contribution in [0.25, 0.3) is 49.7 Å². The number of aromatic nitrogens is 1. The van der Waals surface area contributed by atoms with Crippen molar-refractivity contribution in [3.8, 4) is 27.9 Å². The number of fused-ring (bicyclic) bond motifs is 3. The highest BCUT2D eigenvalue weighted by Crippen LogP contribution is 2.49. The molecule has 0 radical (unpaired) electrons. The fraction of sp³-hybridized carbons (Fsp3) is 0.172. The topological polar surface area (TPSA) is 4.93 Å². The summed E-state index contributed by atoms with van der Waals surface area (Å²) in [6.45, 7) is 15.3. The molecule has 0 amide bonds. The summed E-state index contributed by atoms with van der Waals surface area (Å²) < 4.78 is 81.0. The molecule has 0 unspecified atom stereocenters. The van der Waals surface area contributed by atoms with Gasteiger partial charge >= 0.3 is 0 Å². The van der Waals surface area contributed by atoms with Gasteiger partial charge in [0.2, 0.25) is 0 Å². The fourth-order valence-corrected chi connectivity index (χ4v) is 8.78. The van der Waals surface area contributed by atoms with Gasteiger partial charge in [-0.3, -0.25) is 0 Å². The molecular weight excluding hydrogens is 711 g/mol. The molecule has 0 aliphatic heterocycles. The quantitative estimate of drug-likeness (QED) is 0.138. The largest absolute Gasteiger partial charge is 0.309 e. The summed E-state index contributed by atoms with van der Waals surface area (Å²) in [5.41, 5.74) is 9.31. The molecule has 0 fully saturated rings. The van der Waals surface area contributed by atoms with E-state index in [1.165, 1.54) is 5.56 Å². The van der Waals surface area contributed by atoms with Crippen LogP contribution in [0.1, 0.15) is 92.8 Å². The Kier molecular flexibility index (Phi) is 7.21. The Morgan fingerprint density at radius 3 is 1.34 bits per heavy atom. The van der Waals surface area contributed by atoms with Gasteiger partial charge in [-0.05, 0) is 86.8 Å². The van der Waals surface area contributed by atoms with Gasteiger partial charge in [-0.2, -0.15) is 0 Å². The van der Waals surface area contributed by atoms with Crippen LogP contribution in [0.2, 0.25) is 0 Å². The summed E-state index contributed by atoms with van der Waals surface area (Å²) in [6.07, 6.45) is 0. The van der Waals surface area contributed by atoms with E-state index in [0.29, 0.717) is 16.7 Å². The molecule has 9 aromatic rings. The van der Waals surface area contributed by atoms with Crippen molar-refractivity contribution in [1.82, 2.24) is 4.57 Å². The summed E-state index contributed by atoms with van der Waals surface area (Å²) in [5.74, 6) is 0. The summed E-state index contributed by atoms with van der Waals surface area (Å²) in [7, 11) is 0. The van der Waals surface area contributed by atoms with E-state index in [-0.39, 0.29) is 47.4 Å². The van der Waals surface area contributed by atoms with Crippen molar-refractivity contribution in [2.24, 2.45) is 0 Å². The summed E-state index contributed by atoms with van der Waals surface area (Å²) in [5, 5.41) is 1.47. The van der Waals surface area contributed by atoms with E-state index < -0.39 is 34.4 Å². The Labute approximate surface area is 363 Å². The van der Waals surface area contributed by atoms with Crippen molar-refractivity contribution < 1.29 is 12.3 Å². The van der Waals surface area contributed by atoms with E-state index in [0.717, 1.165) is 55.3 Å². The number of hydrogen-bond acceptors (Lipinski definition) is 0. The van der Waals surface area contributed by atoms with Gasteiger partial charge in [0.05, 0.1) is 29.1 Å². The van der Waals surface area contributed by atoms with Gasteiger partial charge in [-0.1, -0.05) is 217 Å². The molecule has 0 saturated heterocycles. The molecule has 0 saturated carbocycles. The third-order valence-electron chi connectivity index (χ3n) is 12.5. The molecule has 1 nitrogen and oxygen atoms in total. The van der Waals surface area contributed by atoms with Gasteiger partial charge in [0.25, 0.3) is 0 Å². The zero-order valence-electron chi connectivity index (χ0n) is 43.7. The molecule has 0 bridgehead atoms. The Morgan fingerprint density at radius 2 is 0.847 bits per heavy atom. The molecule has 1 heteroatoms. The van der Waals surface area contributed by atoms with E-state index in [9.17, 15) is 0 Å². The Hall–Kier alpha value is -6.44. The second kappa shape index (κ2) is 14.7. The highest BCUT2D eigenvalue weighted by Gasteiger charge is 2.37. The van der Waals surface area contributed by atoms with E-state index in [4.69, 9.17) is 12.3 Å². The predicted octanol–water partition coefficient (Wildman–Crippen LogP) is 15.4. The van der Waals surface area contributed by atoms with Gasteiger partial charge in [-0.25, -0.2) is 0 Å². The molecule has 0 spiro atoms.